The van der Waals surface area contributed by atoms with Crippen LogP contribution in [-0.4, -0.2) is 37.6 Å². The van der Waals surface area contributed by atoms with Gasteiger partial charge in [0, 0.05) is 30.7 Å². The number of benzene rings is 1. The molecule has 2 aromatic rings. The maximum atomic E-state index is 12.6. The first-order chi connectivity index (χ1) is 13.8. The van der Waals surface area contributed by atoms with E-state index in [9.17, 15) is 13.2 Å². The van der Waals surface area contributed by atoms with Gasteiger partial charge in [-0.2, -0.15) is 0 Å². The highest BCUT2D eigenvalue weighted by Gasteiger charge is 2.24. The highest BCUT2D eigenvalue weighted by atomic mass is 32.2. The van der Waals surface area contributed by atoms with E-state index >= 15 is 0 Å². The quantitative estimate of drug-likeness (QED) is 0.645. The summed E-state index contributed by atoms with van der Waals surface area (Å²) in [6, 6.07) is 7.55. The topological polar surface area (TPSA) is 104 Å². The summed E-state index contributed by atoms with van der Waals surface area (Å²) in [4.78, 5) is 14.1. The summed E-state index contributed by atoms with van der Waals surface area (Å²) < 4.78 is 27.7. The Morgan fingerprint density at radius 2 is 1.72 bits per heavy atom. The summed E-state index contributed by atoms with van der Waals surface area (Å²) in [6.45, 7) is 7.40. The monoisotopic (exact) mass is 437 g/mol. The van der Waals surface area contributed by atoms with Crippen LogP contribution in [0.5, 0.6) is 0 Å². The molecular weight excluding hydrogens is 410 g/mol. The van der Waals surface area contributed by atoms with Gasteiger partial charge in [0.25, 0.3) is 10.0 Å². The van der Waals surface area contributed by atoms with Crippen molar-refractivity contribution >= 4 is 38.1 Å². The van der Waals surface area contributed by atoms with Gasteiger partial charge in [0.1, 0.15) is 0 Å². The number of carbonyl (C=O) groups excluding carboxylic acids is 1. The molecule has 0 radical (unpaired) electrons. The molecule has 29 heavy (non-hydrogen) atoms. The molecule has 0 saturated carbocycles. The molecule has 1 aromatic carbocycles. The fourth-order valence-corrected chi connectivity index (χ4v) is 5.25. The second-order valence-electron chi connectivity index (χ2n) is 7.50. The lowest BCUT2D eigenvalue weighted by atomic mass is 10.1. The predicted molar refractivity (Wildman–Crippen MR) is 115 cm³/mol. The normalized spacial score (nSPS) is 16.1. The summed E-state index contributed by atoms with van der Waals surface area (Å²) in [5, 5.41) is 10.2. The molecule has 1 saturated heterocycles. The van der Waals surface area contributed by atoms with Crippen molar-refractivity contribution in [2.45, 2.75) is 50.4 Å². The molecule has 1 aromatic heterocycles. The Bertz CT molecular complexity index is 935. The molecule has 2 heterocycles. The van der Waals surface area contributed by atoms with Crippen LogP contribution in [-0.2, 0) is 14.8 Å². The lowest BCUT2D eigenvalue weighted by molar-refractivity contribution is -0.118. The molecule has 3 rings (SSSR count). The lowest BCUT2D eigenvalue weighted by Crippen LogP contribution is -2.29. The zero-order valence-corrected chi connectivity index (χ0v) is 18.5. The van der Waals surface area contributed by atoms with Crippen molar-refractivity contribution in [3.8, 4) is 0 Å². The molecule has 0 spiro atoms. The minimum Gasteiger partial charge on any atom is -0.372 e. The van der Waals surface area contributed by atoms with Gasteiger partial charge in [-0.3, -0.25) is 4.79 Å². The van der Waals surface area contributed by atoms with Gasteiger partial charge in [-0.1, -0.05) is 37.3 Å². The second-order valence-corrected chi connectivity index (χ2v) is 10.4. The lowest BCUT2D eigenvalue weighted by Gasteiger charge is -2.29. The molecule has 10 heteroatoms. The van der Waals surface area contributed by atoms with Crippen molar-refractivity contribution in [2.75, 3.05) is 23.3 Å². The van der Waals surface area contributed by atoms with Crippen molar-refractivity contribution in [1.29, 1.82) is 0 Å². The molecule has 1 aliphatic heterocycles. The average Bonchev–Trinajstić information content (AvgIpc) is 3.18. The number of carbonyl (C=O) groups is 1. The van der Waals surface area contributed by atoms with Crippen molar-refractivity contribution in [3.63, 3.8) is 0 Å². The van der Waals surface area contributed by atoms with Crippen LogP contribution in [0.25, 0.3) is 0 Å². The number of piperidine rings is 1. The molecule has 1 aliphatic rings. The highest BCUT2D eigenvalue weighted by Crippen LogP contribution is 2.25. The Labute approximate surface area is 175 Å². The zero-order chi connectivity index (χ0) is 21.0. The van der Waals surface area contributed by atoms with E-state index in [1.807, 2.05) is 24.3 Å². The van der Waals surface area contributed by atoms with E-state index < -0.39 is 16.1 Å². The van der Waals surface area contributed by atoms with Gasteiger partial charge in [0.2, 0.25) is 15.4 Å². The number of nitrogens with one attached hydrogen (secondary N) is 2. The number of hydrogen-bond donors (Lipinski definition) is 2. The van der Waals surface area contributed by atoms with E-state index in [1.54, 1.807) is 20.8 Å². The third-order valence-electron chi connectivity index (χ3n) is 4.84. The number of aromatic nitrogens is 2. The minimum absolute atomic E-state index is 0.169. The van der Waals surface area contributed by atoms with E-state index in [2.05, 4.69) is 25.1 Å². The van der Waals surface area contributed by atoms with Crippen molar-refractivity contribution in [1.82, 2.24) is 14.9 Å². The average molecular weight is 438 g/mol. The molecule has 2 N–H and O–H groups in total. The molecule has 0 aliphatic carbocycles. The van der Waals surface area contributed by atoms with Gasteiger partial charge in [-0.25, -0.2) is 13.1 Å². The van der Waals surface area contributed by atoms with Crippen LogP contribution in [0.15, 0.2) is 28.6 Å². The standard InChI is InChI=1S/C19H27N5O3S2/c1-13(2)17(25)20-18-21-22-19(28-18)29(26,27)23-14(3)15-7-9-16(10-8-15)24-11-5-4-6-12-24/h7-10,13-14,23H,4-6,11-12H2,1-3H3,(H,20,21,25)/t14-/m1/s1. The first-order valence-electron chi connectivity index (χ1n) is 9.78. The van der Waals surface area contributed by atoms with E-state index in [4.69, 9.17) is 0 Å². The fourth-order valence-electron chi connectivity index (χ4n) is 3.10. The number of anilines is 2. The van der Waals surface area contributed by atoms with E-state index in [0.29, 0.717) is 0 Å². The number of rotatable bonds is 7. The Hall–Kier alpha value is -2.04. The van der Waals surface area contributed by atoms with Gasteiger partial charge in [0.15, 0.2) is 0 Å². The molecular formula is C19H27N5O3S2. The molecule has 8 nitrogen and oxygen atoms in total. The summed E-state index contributed by atoms with van der Waals surface area (Å²) in [6.07, 6.45) is 3.70. The first kappa shape index (κ1) is 21.7. The van der Waals surface area contributed by atoms with E-state index in [1.165, 1.54) is 19.3 Å². The predicted octanol–water partition coefficient (Wildman–Crippen LogP) is 3.16. The van der Waals surface area contributed by atoms with E-state index in [0.717, 1.165) is 35.7 Å². The van der Waals surface area contributed by atoms with Crippen LogP contribution in [0.4, 0.5) is 10.8 Å². The van der Waals surface area contributed by atoms with E-state index in [-0.39, 0.29) is 21.3 Å². The van der Waals surface area contributed by atoms with Gasteiger partial charge >= 0.3 is 0 Å². The van der Waals surface area contributed by atoms with Crippen LogP contribution in [0, 0.1) is 5.92 Å². The van der Waals surface area contributed by atoms with Crippen LogP contribution in [0.2, 0.25) is 0 Å². The van der Waals surface area contributed by atoms with Gasteiger partial charge in [0.05, 0.1) is 0 Å². The Kier molecular flexibility index (Phi) is 6.86. The SMILES string of the molecule is CC(C)C(=O)Nc1nnc(S(=O)(=O)N[C@H](C)c2ccc(N3CCCCC3)cc2)s1. The Morgan fingerprint density at radius 1 is 1.07 bits per heavy atom. The number of sulfonamides is 1. The van der Waals surface area contributed by atoms with Gasteiger partial charge < -0.3 is 10.2 Å². The number of amides is 1. The minimum atomic E-state index is -3.84. The van der Waals surface area contributed by atoms with Crippen molar-refractivity contribution in [2.24, 2.45) is 5.92 Å². The van der Waals surface area contributed by atoms with Crippen LogP contribution in [0.3, 0.4) is 0 Å². The van der Waals surface area contributed by atoms with Crippen LogP contribution >= 0.6 is 11.3 Å². The summed E-state index contributed by atoms with van der Waals surface area (Å²) in [5.41, 5.74) is 2.03. The summed E-state index contributed by atoms with van der Waals surface area (Å²) >= 11 is 0.833. The molecule has 0 bridgehead atoms. The maximum absolute atomic E-state index is 12.6. The Morgan fingerprint density at radius 3 is 2.34 bits per heavy atom. The Balaban J connectivity index is 1.65. The van der Waals surface area contributed by atoms with Crippen molar-refractivity contribution < 1.29 is 13.2 Å². The van der Waals surface area contributed by atoms with Crippen molar-refractivity contribution in [3.05, 3.63) is 29.8 Å². The molecule has 1 amide bonds. The largest absolute Gasteiger partial charge is 0.372 e. The fraction of sp³-hybridized carbons (Fsp3) is 0.526. The summed E-state index contributed by atoms with van der Waals surface area (Å²) in [7, 11) is -3.84. The van der Waals surface area contributed by atoms with Gasteiger partial charge in [-0.05, 0) is 43.9 Å². The third-order valence-corrected chi connectivity index (χ3v) is 7.58. The van der Waals surface area contributed by atoms with Crippen LogP contribution < -0.4 is 14.9 Å². The third kappa shape index (κ3) is 5.52. The number of nitrogens with zero attached hydrogens (tertiary/aromatic N) is 3. The van der Waals surface area contributed by atoms with Crippen LogP contribution in [0.1, 0.15) is 51.6 Å². The molecule has 1 atom stereocenters. The zero-order valence-electron chi connectivity index (χ0n) is 16.9. The molecule has 1 fully saturated rings. The highest BCUT2D eigenvalue weighted by molar-refractivity contribution is 7.91. The second kappa shape index (κ2) is 9.19. The maximum Gasteiger partial charge on any atom is 0.270 e. The smallest absolute Gasteiger partial charge is 0.270 e. The molecule has 0 unspecified atom stereocenters. The van der Waals surface area contributed by atoms with Gasteiger partial charge in [-0.15, -0.1) is 10.2 Å². The summed E-state index contributed by atoms with van der Waals surface area (Å²) in [5.74, 6) is -0.467. The molecule has 158 valence electrons. The number of hydrogen-bond acceptors (Lipinski definition) is 7. The first-order valence-corrected chi connectivity index (χ1v) is 12.1.